The molecule has 0 unspecified atom stereocenters. The molecule has 4 atom stereocenters. The molecule has 0 aliphatic heterocycles. The second-order valence-corrected chi connectivity index (χ2v) is 20.2. The molecule has 0 saturated carbocycles. The highest BCUT2D eigenvalue weighted by molar-refractivity contribution is 5.92. The highest BCUT2D eigenvalue weighted by Crippen LogP contribution is 2.22. The zero-order valence-electron chi connectivity index (χ0n) is 49.5. The maximum absolute atomic E-state index is 13.2. The van der Waals surface area contributed by atoms with Crippen LogP contribution in [-0.2, 0) is 71.7 Å². The number of aliphatic hydroxyl groups excluding tert-OH is 1. The van der Waals surface area contributed by atoms with Crippen molar-refractivity contribution >= 4 is 64.9 Å². The smallest absolute Gasteiger partial charge is 0.326 e. The molecule has 0 aliphatic rings. The van der Waals surface area contributed by atoms with Gasteiger partial charge < -0.3 is 65.7 Å². The Morgan fingerprint density at radius 3 is 1.44 bits per heavy atom. The first-order valence-corrected chi connectivity index (χ1v) is 29.8. The molecule has 0 radical (unpaired) electrons. The van der Waals surface area contributed by atoms with Crippen molar-refractivity contribution in [2.45, 2.75) is 207 Å². The van der Waals surface area contributed by atoms with Crippen LogP contribution in [-0.4, -0.2) is 176 Å². The highest BCUT2D eigenvalue weighted by atomic mass is 16.5. The zero-order valence-corrected chi connectivity index (χ0v) is 49.5. The molecule has 0 aliphatic carbocycles. The van der Waals surface area contributed by atoms with Gasteiger partial charge in [0, 0.05) is 95.5 Å². The van der Waals surface area contributed by atoms with Crippen LogP contribution in [0, 0.1) is 17.8 Å². The van der Waals surface area contributed by atoms with E-state index in [0.29, 0.717) is 58.5 Å². The lowest BCUT2D eigenvalue weighted by Crippen LogP contribution is -2.41. The SMILES string of the molecule is CCOCC(=O)NCCOCCOCC(=O)C[C@@H](CCC(=O)O)C(=O)C[C@@H](CCC(=O)O)C(=O)NCCCC[C@H](CC)C(=O)CO.CCOCCNC(=O)CC[C@H](NC(=O)CCCCCCCCCCCCCCCCC(=O)O)C(=O)O. The number of aliphatic carboxylic acids is 4. The van der Waals surface area contributed by atoms with Crippen LogP contribution >= 0.6 is 0 Å². The van der Waals surface area contributed by atoms with Gasteiger partial charge in [0.1, 0.15) is 31.6 Å². The number of Topliss-reactive ketones (excluding diaryl/α,β-unsaturated/α-hetero) is 3. The lowest BCUT2D eigenvalue weighted by atomic mass is 9.85. The highest BCUT2D eigenvalue weighted by Gasteiger charge is 2.29. The molecule has 0 aromatic heterocycles. The Kier molecular flexibility index (Phi) is 52.6. The van der Waals surface area contributed by atoms with E-state index in [2.05, 4.69) is 21.3 Å². The van der Waals surface area contributed by atoms with Crippen molar-refractivity contribution in [1.82, 2.24) is 21.3 Å². The average molecular weight is 1180 g/mol. The number of amides is 4. The molecule has 24 heteroatoms. The first-order valence-electron chi connectivity index (χ1n) is 29.8. The molecule has 0 saturated heterocycles. The third kappa shape index (κ3) is 50.3. The maximum Gasteiger partial charge on any atom is 0.326 e. The molecule has 0 fully saturated rings. The first-order chi connectivity index (χ1) is 39.3. The van der Waals surface area contributed by atoms with E-state index in [1.807, 2.05) is 13.8 Å². The van der Waals surface area contributed by atoms with E-state index in [4.69, 9.17) is 39.4 Å². The van der Waals surface area contributed by atoms with E-state index in [1.54, 1.807) is 6.92 Å². The first kappa shape index (κ1) is 78.6. The fraction of sp³-hybridized carbons (Fsp3) is 0.810. The average Bonchev–Trinajstić information content (AvgIpc) is 3.44. The molecule has 24 nitrogen and oxygen atoms in total. The van der Waals surface area contributed by atoms with Crippen molar-refractivity contribution < 1.29 is 97.2 Å². The molecule has 0 bridgehead atoms. The summed E-state index contributed by atoms with van der Waals surface area (Å²) in [5.74, 6) is -8.85. The quantitative estimate of drug-likeness (QED) is 0.0328. The van der Waals surface area contributed by atoms with Crippen LogP contribution < -0.4 is 21.3 Å². The summed E-state index contributed by atoms with van der Waals surface area (Å²) >= 11 is 0. The van der Waals surface area contributed by atoms with Crippen molar-refractivity contribution in [3.8, 4) is 0 Å². The summed E-state index contributed by atoms with van der Waals surface area (Å²) in [4.78, 5) is 130. The third-order valence-electron chi connectivity index (χ3n) is 13.3. The summed E-state index contributed by atoms with van der Waals surface area (Å²) in [7, 11) is 0. The number of ether oxygens (including phenoxy) is 4. The van der Waals surface area contributed by atoms with Gasteiger partial charge in [-0.2, -0.15) is 0 Å². The van der Waals surface area contributed by atoms with Crippen LogP contribution in [0.1, 0.15) is 201 Å². The topological polar surface area (TPSA) is 374 Å². The molecule has 9 N–H and O–H groups in total. The fourth-order valence-electron chi connectivity index (χ4n) is 8.53. The van der Waals surface area contributed by atoms with Gasteiger partial charge in [-0.05, 0) is 65.2 Å². The van der Waals surface area contributed by atoms with E-state index < -0.39 is 65.8 Å². The summed E-state index contributed by atoms with van der Waals surface area (Å²) in [6.45, 7) is 7.37. The largest absolute Gasteiger partial charge is 0.481 e. The van der Waals surface area contributed by atoms with Crippen LogP contribution in [0.4, 0.5) is 0 Å². The number of carbonyl (C=O) groups is 11. The minimum absolute atomic E-state index is 0.0362. The lowest BCUT2D eigenvalue weighted by molar-refractivity contribution is -0.142. The monoisotopic (exact) mass is 1170 g/mol. The third-order valence-corrected chi connectivity index (χ3v) is 13.3. The Morgan fingerprint density at radius 1 is 0.402 bits per heavy atom. The van der Waals surface area contributed by atoms with Gasteiger partial charge in [0.25, 0.3) is 0 Å². The minimum atomic E-state index is -1.15. The maximum atomic E-state index is 13.2. The number of ketones is 3. The molecular formula is C58H102N4O20. The Labute approximate surface area is 485 Å². The van der Waals surface area contributed by atoms with Crippen molar-refractivity contribution in [1.29, 1.82) is 0 Å². The fourth-order valence-corrected chi connectivity index (χ4v) is 8.53. The number of carboxylic acid groups (broad SMARTS) is 4. The number of nitrogens with one attached hydrogen (secondary N) is 4. The normalized spacial score (nSPS) is 12.4. The Hall–Kier alpha value is -5.43. The van der Waals surface area contributed by atoms with Crippen molar-refractivity contribution in [2.75, 3.05) is 79.1 Å². The molecule has 0 heterocycles. The molecule has 0 spiro atoms. The number of carbonyl (C=O) groups excluding carboxylic acids is 7. The Morgan fingerprint density at radius 2 is 0.915 bits per heavy atom. The van der Waals surface area contributed by atoms with Gasteiger partial charge in [-0.1, -0.05) is 90.4 Å². The number of aliphatic hydroxyl groups is 1. The van der Waals surface area contributed by atoms with Crippen LogP contribution in [0.3, 0.4) is 0 Å². The molecule has 82 heavy (non-hydrogen) atoms. The van der Waals surface area contributed by atoms with E-state index in [-0.39, 0.29) is 133 Å². The summed E-state index contributed by atoms with van der Waals surface area (Å²) in [6, 6.07) is -1.05. The van der Waals surface area contributed by atoms with E-state index in [0.717, 1.165) is 44.9 Å². The molecular weight excluding hydrogens is 1070 g/mol. The number of unbranched alkanes of at least 4 members (excludes halogenated alkanes) is 14. The van der Waals surface area contributed by atoms with E-state index >= 15 is 0 Å². The number of hydrogen-bond acceptors (Lipinski definition) is 16. The van der Waals surface area contributed by atoms with E-state index in [9.17, 15) is 57.8 Å². The van der Waals surface area contributed by atoms with Crippen LogP contribution in [0.25, 0.3) is 0 Å². The predicted molar refractivity (Wildman–Crippen MR) is 304 cm³/mol. The standard InChI is InChI=1S/C31H52N2O13.C27H50N2O7/c1-3-22(27(37)19-34)7-5-6-12-33-31(43)24(9-11-30(41)42)18-26(36)23(8-10-29(39)40)17-25(35)20-46-16-15-45-14-13-32-28(38)21-44-4-2;1-2-36-22-21-28-24(30)20-19-23(27(34)35)29-25(31)17-15-13-11-9-7-5-3-4-6-8-10-12-14-16-18-26(32)33/h22-24,34H,3-21H2,1-2H3,(H,32,38)(H,33,43)(H,39,40)(H,41,42);23H,2-22H2,1H3,(H,28,30)(H,29,31)(H,32,33)(H,34,35)/t22-,23+,24+;23-/m00/s1. The van der Waals surface area contributed by atoms with E-state index in [1.165, 1.54) is 44.9 Å². The van der Waals surface area contributed by atoms with Gasteiger partial charge in [-0.3, -0.25) is 47.9 Å². The van der Waals surface area contributed by atoms with Gasteiger partial charge >= 0.3 is 23.9 Å². The second kappa shape index (κ2) is 54.8. The van der Waals surface area contributed by atoms with Crippen molar-refractivity contribution in [3.05, 3.63) is 0 Å². The van der Waals surface area contributed by atoms with Crippen LogP contribution in [0.2, 0.25) is 0 Å². The molecule has 0 aromatic rings. The molecule has 474 valence electrons. The van der Waals surface area contributed by atoms with Gasteiger partial charge in [0.2, 0.25) is 23.6 Å². The van der Waals surface area contributed by atoms with Gasteiger partial charge in [0.05, 0.1) is 26.4 Å². The van der Waals surface area contributed by atoms with Crippen LogP contribution in [0.15, 0.2) is 0 Å². The van der Waals surface area contributed by atoms with Crippen LogP contribution in [0.5, 0.6) is 0 Å². The number of carboxylic acids is 4. The van der Waals surface area contributed by atoms with Gasteiger partial charge in [0.15, 0.2) is 11.6 Å². The second-order valence-electron chi connectivity index (χ2n) is 20.2. The Balaban J connectivity index is 0. The summed E-state index contributed by atoms with van der Waals surface area (Å²) in [5, 5.41) is 55.7. The van der Waals surface area contributed by atoms with Gasteiger partial charge in [-0.15, -0.1) is 0 Å². The van der Waals surface area contributed by atoms with Crippen molar-refractivity contribution in [2.24, 2.45) is 17.8 Å². The molecule has 0 aromatic carbocycles. The lowest BCUT2D eigenvalue weighted by Gasteiger charge is -2.20. The molecule has 4 amide bonds. The summed E-state index contributed by atoms with van der Waals surface area (Å²) < 4.78 is 20.7. The summed E-state index contributed by atoms with van der Waals surface area (Å²) in [5.41, 5.74) is 0. The van der Waals surface area contributed by atoms with Gasteiger partial charge in [-0.25, -0.2) is 4.79 Å². The molecule has 0 rings (SSSR count). The Bertz CT molecular complexity index is 1800. The summed E-state index contributed by atoms with van der Waals surface area (Å²) in [6.07, 6.45) is 16.9. The van der Waals surface area contributed by atoms with Crippen molar-refractivity contribution in [3.63, 3.8) is 0 Å². The number of hydrogen-bond donors (Lipinski definition) is 9. The zero-order chi connectivity index (χ0) is 61.6. The number of rotatable bonds is 57. The minimum Gasteiger partial charge on any atom is -0.481 e. The predicted octanol–water partition coefficient (Wildman–Crippen LogP) is 5.74.